The number of carbonyl (C=O) groups is 1. The van der Waals surface area contributed by atoms with Gasteiger partial charge in [-0.3, -0.25) is 4.79 Å². The summed E-state index contributed by atoms with van der Waals surface area (Å²) >= 11 is 0. The zero-order chi connectivity index (χ0) is 21.1. The van der Waals surface area contributed by atoms with Crippen LogP contribution in [-0.4, -0.2) is 29.4 Å². The van der Waals surface area contributed by atoms with E-state index in [1.165, 1.54) is 12.1 Å². The number of fused-ring (bicyclic) bond motifs is 1. The van der Waals surface area contributed by atoms with E-state index >= 15 is 0 Å². The Balaban J connectivity index is 1.68. The number of hydrogen-bond acceptors (Lipinski definition) is 4. The highest BCUT2D eigenvalue weighted by Gasteiger charge is 2.31. The lowest BCUT2D eigenvalue weighted by Crippen LogP contribution is -2.24. The van der Waals surface area contributed by atoms with E-state index < -0.39 is 0 Å². The molecule has 1 aromatic heterocycles. The lowest BCUT2D eigenvalue weighted by molar-refractivity contribution is -0.116. The van der Waals surface area contributed by atoms with E-state index in [0.717, 1.165) is 24.0 Å². The van der Waals surface area contributed by atoms with Crippen LogP contribution in [-0.2, 0) is 4.79 Å². The van der Waals surface area contributed by atoms with Crippen LogP contribution < -0.4 is 14.8 Å². The average molecular weight is 409 g/mol. The number of benzene rings is 2. The summed E-state index contributed by atoms with van der Waals surface area (Å²) in [7, 11) is 1.61. The monoisotopic (exact) mass is 409 g/mol. The maximum absolute atomic E-state index is 13.3. The molecule has 0 saturated carbocycles. The standard InChI is InChI=1S/C23H24FN3O3/c1-3-4-11-30-20-10-5-15(12-21(20)29-2)18-13-22(28)26-23-19(18)14-25-27(23)17-8-6-16(24)7-9-17/h5-10,12,14,18H,3-4,11,13H2,1-2H3,(H,26,28). The zero-order valence-electron chi connectivity index (χ0n) is 17.0. The molecule has 0 fully saturated rings. The molecular formula is C23H24FN3O3. The topological polar surface area (TPSA) is 65.4 Å². The molecule has 0 radical (unpaired) electrons. The first-order chi connectivity index (χ1) is 14.6. The van der Waals surface area contributed by atoms with Crippen molar-refractivity contribution in [1.29, 1.82) is 0 Å². The molecule has 0 aliphatic carbocycles. The van der Waals surface area contributed by atoms with E-state index in [2.05, 4.69) is 17.3 Å². The van der Waals surface area contributed by atoms with Crippen LogP contribution in [0.4, 0.5) is 10.2 Å². The molecule has 4 rings (SSSR count). The van der Waals surface area contributed by atoms with E-state index in [0.29, 0.717) is 36.0 Å². The first-order valence-corrected chi connectivity index (χ1v) is 10.0. The van der Waals surface area contributed by atoms with Crippen LogP contribution in [0.3, 0.4) is 0 Å². The molecule has 30 heavy (non-hydrogen) atoms. The summed E-state index contributed by atoms with van der Waals surface area (Å²) in [6, 6.07) is 11.8. The van der Waals surface area contributed by atoms with Crippen LogP contribution in [0.25, 0.3) is 5.69 Å². The van der Waals surface area contributed by atoms with Gasteiger partial charge in [-0.05, 0) is 48.4 Å². The van der Waals surface area contributed by atoms with Gasteiger partial charge in [-0.15, -0.1) is 0 Å². The molecule has 2 heterocycles. The highest BCUT2D eigenvalue weighted by Crippen LogP contribution is 2.40. The quantitative estimate of drug-likeness (QED) is 0.576. The van der Waals surface area contributed by atoms with Gasteiger partial charge in [-0.25, -0.2) is 9.07 Å². The lowest BCUT2D eigenvalue weighted by Gasteiger charge is -2.24. The Hall–Kier alpha value is -3.35. The van der Waals surface area contributed by atoms with Crippen molar-refractivity contribution in [3.8, 4) is 17.2 Å². The number of rotatable bonds is 7. The molecule has 0 spiro atoms. The number of methoxy groups -OCH3 is 1. The van der Waals surface area contributed by atoms with Crippen molar-refractivity contribution < 1.29 is 18.7 Å². The van der Waals surface area contributed by atoms with Crippen LogP contribution >= 0.6 is 0 Å². The van der Waals surface area contributed by atoms with Gasteiger partial charge in [0.2, 0.25) is 5.91 Å². The fraction of sp³-hybridized carbons (Fsp3) is 0.304. The Kier molecular flexibility index (Phi) is 5.70. The Morgan fingerprint density at radius 3 is 2.73 bits per heavy atom. The second-order valence-electron chi connectivity index (χ2n) is 7.25. The predicted octanol–water partition coefficient (Wildman–Crippen LogP) is 4.67. The number of ether oxygens (including phenoxy) is 2. The van der Waals surface area contributed by atoms with Gasteiger partial charge in [-0.2, -0.15) is 5.10 Å². The summed E-state index contributed by atoms with van der Waals surface area (Å²) in [5.74, 6) is 1.35. The van der Waals surface area contributed by atoms with E-state index in [-0.39, 0.29) is 17.6 Å². The molecule has 2 aromatic carbocycles. The second-order valence-corrected chi connectivity index (χ2v) is 7.25. The maximum Gasteiger partial charge on any atom is 0.226 e. The van der Waals surface area contributed by atoms with Gasteiger partial charge in [0.05, 0.1) is 25.6 Å². The number of amides is 1. The number of carbonyl (C=O) groups excluding carboxylic acids is 1. The Bertz CT molecular complexity index is 1050. The normalized spacial score (nSPS) is 15.4. The van der Waals surface area contributed by atoms with E-state index in [9.17, 15) is 9.18 Å². The van der Waals surface area contributed by atoms with Gasteiger partial charge in [0.25, 0.3) is 0 Å². The van der Waals surface area contributed by atoms with Crippen LogP contribution in [0.15, 0.2) is 48.7 Å². The zero-order valence-corrected chi connectivity index (χ0v) is 17.0. The summed E-state index contributed by atoms with van der Waals surface area (Å²) in [6.07, 6.45) is 4.08. The molecule has 1 aliphatic heterocycles. The molecule has 0 bridgehead atoms. The third-order valence-electron chi connectivity index (χ3n) is 5.24. The first kappa shape index (κ1) is 19.9. The Morgan fingerprint density at radius 2 is 2.00 bits per heavy atom. The lowest BCUT2D eigenvalue weighted by atomic mass is 9.87. The number of hydrogen-bond donors (Lipinski definition) is 1. The summed E-state index contributed by atoms with van der Waals surface area (Å²) < 4.78 is 26.3. The van der Waals surface area contributed by atoms with E-state index in [1.807, 2.05) is 18.2 Å². The number of halogens is 1. The highest BCUT2D eigenvalue weighted by molar-refractivity contribution is 5.94. The van der Waals surface area contributed by atoms with Gasteiger partial charge >= 0.3 is 0 Å². The van der Waals surface area contributed by atoms with Crippen molar-refractivity contribution in [3.05, 3.63) is 65.6 Å². The molecule has 156 valence electrons. The fourth-order valence-corrected chi connectivity index (χ4v) is 3.64. The highest BCUT2D eigenvalue weighted by atomic mass is 19.1. The molecule has 6 nitrogen and oxygen atoms in total. The first-order valence-electron chi connectivity index (χ1n) is 10.0. The SMILES string of the molecule is CCCCOc1ccc(C2CC(=O)Nc3c2cnn3-c2ccc(F)cc2)cc1OC. The number of nitrogens with zero attached hydrogens (tertiary/aromatic N) is 2. The number of anilines is 1. The van der Waals surface area contributed by atoms with Gasteiger partial charge in [-0.1, -0.05) is 19.4 Å². The summed E-state index contributed by atoms with van der Waals surface area (Å²) in [5, 5.41) is 7.35. The van der Waals surface area contributed by atoms with Gasteiger partial charge in [0, 0.05) is 17.9 Å². The number of nitrogens with one attached hydrogen (secondary N) is 1. The van der Waals surface area contributed by atoms with E-state index in [4.69, 9.17) is 9.47 Å². The smallest absolute Gasteiger partial charge is 0.226 e. The molecule has 1 unspecified atom stereocenters. The largest absolute Gasteiger partial charge is 0.493 e. The van der Waals surface area contributed by atoms with Crippen molar-refractivity contribution in [2.24, 2.45) is 0 Å². The summed E-state index contributed by atoms with van der Waals surface area (Å²) in [6.45, 7) is 2.74. The molecule has 1 N–H and O–H groups in total. The Labute approximate surface area is 174 Å². The van der Waals surface area contributed by atoms with Crippen molar-refractivity contribution >= 4 is 11.7 Å². The molecule has 1 amide bonds. The third kappa shape index (κ3) is 3.87. The number of aromatic nitrogens is 2. The van der Waals surface area contributed by atoms with Crippen LogP contribution in [0.2, 0.25) is 0 Å². The van der Waals surface area contributed by atoms with E-state index in [1.54, 1.807) is 30.1 Å². The molecular weight excluding hydrogens is 385 g/mol. The molecule has 3 aromatic rings. The average Bonchev–Trinajstić information content (AvgIpc) is 3.17. The van der Waals surface area contributed by atoms with Crippen LogP contribution in [0.1, 0.15) is 43.2 Å². The van der Waals surface area contributed by atoms with Crippen molar-refractivity contribution in [1.82, 2.24) is 9.78 Å². The van der Waals surface area contributed by atoms with Crippen molar-refractivity contribution in [2.45, 2.75) is 32.1 Å². The fourth-order valence-electron chi connectivity index (χ4n) is 3.64. The summed E-state index contributed by atoms with van der Waals surface area (Å²) in [4.78, 5) is 12.5. The van der Waals surface area contributed by atoms with Crippen LogP contribution in [0.5, 0.6) is 11.5 Å². The van der Waals surface area contributed by atoms with Gasteiger partial charge < -0.3 is 14.8 Å². The van der Waals surface area contributed by atoms with Gasteiger partial charge in [0.1, 0.15) is 11.6 Å². The molecule has 1 aliphatic rings. The maximum atomic E-state index is 13.3. The number of unbranched alkanes of at least 4 members (excludes halogenated alkanes) is 1. The predicted molar refractivity (Wildman–Crippen MR) is 112 cm³/mol. The minimum Gasteiger partial charge on any atom is -0.493 e. The summed E-state index contributed by atoms with van der Waals surface area (Å²) in [5.41, 5.74) is 2.53. The minimum atomic E-state index is -0.324. The van der Waals surface area contributed by atoms with Crippen molar-refractivity contribution in [3.63, 3.8) is 0 Å². The van der Waals surface area contributed by atoms with Gasteiger partial charge in [0.15, 0.2) is 11.5 Å². The molecule has 0 saturated heterocycles. The second kappa shape index (κ2) is 8.57. The third-order valence-corrected chi connectivity index (χ3v) is 5.24. The van der Waals surface area contributed by atoms with Crippen LogP contribution in [0, 0.1) is 5.82 Å². The van der Waals surface area contributed by atoms with Crippen molar-refractivity contribution in [2.75, 3.05) is 19.0 Å². The Morgan fingerprint density at radius 1 is 1.20 bits per heavy atom. The molecule has 7 heteroatoms. The molecule has 1 atom stereocenters. The minimum absolute atomic E-state index is 0.0985.